The topological polar surface area (TPSA) is 70.6 Å². The molecule has 122 valence electrons. The van der Waals surface area contributed by atoms with Gasteiger partial charge in [0.2, 0.25) is 0 Å². The second kappa shape index (κ2) is 8.15. The number of aliphatic hydroxyl groups is 1. The maximum Gasteiger partial charge on any atom is 0.314 e. The number of amides is 2. The van der Waals surface area contributed by atoms with Gasteiger partial charge in [-0.15, -0.1) is 0 Å². The number of urea groups is 1. The molecule has 0 radical (unpaired) electrons. The highest BCUT2D eigenvalue weighted by atomic mass is 16.5. The molecule has 2 amide bonds. The van der Waals surface area contributed by atoms with E-state index in [1.807, 2.05) is 6.07 Å². The van der Waals surface area contributed by atoms with Gasteiger partial charge in [0.15, 0.2) is 0 Å². The summed E-state index contributed by atoms with van der Waals surface area (Å²) >= 11 is 0. The lowest BCUT2D eigenvalue weighted by molar-refractivity contribution is 0.0659. The molecule has 1 fully saturated rings. The highest BCUT2D eigenvalue weighted by Gasteiger charge is 2.35. The Bertz CT molecular complexity index is 458. The second-order valence-corrected chi connectivity index (χ2v) is 6.03. The molecule has 0 heterocycles. The van der Waals surface area contributed by atoms with Gasteiger partial charge in [-0.1, -0.05) is 43.2 Å². The van der Waals surface area contributed by atoms with E-state index in [9.17, 15) is 9.90 Å². The van der Waals surface area contributed by atoms with Crippen molar-refractivity contribution in [2.24, 2.45) is 0 Å². The zero-order chi connectivity index (χ0) is 15.8. The van der Waals surface area contributed by atoms with Crippen molar-refractivity contribution in [3.8, 4) is 0 Å². The van der Waals surface area contributed by atoms with Crippen molar-refractivity contribution in [3.63, 3.8) is 0 Å². The molecule has 1 atom stereocenters. The third-order valence-electron chi connectivity index (χ3n) is 4.39. The number of nitrogens with one attached hydrogen (secondary N) is 2. The Hall–Kier alpha value is -1.59. The standard InChI is InChI=1S/C17H26N2O3/c1-22-12-15(20)11-18-16(21)19-13-17(9-5-6-10-17)14-7-3-2-4-8-14/h2-4,7-8,15,20H,5-6,9-13H2,1H3,(H2,18,19,21). The number of benzene rings is 1. The summed E-state index contributed by atoms with van der Waals surface area (Å²) in [6, 6.07) is 10.2. The summed E-state index contributed by atoms with van der Waals surface area (Å²) in [7, 11) is 1.52. The summed E-state index contributed by atoms with van der Waals surface area (Å²) in [6.07, 6.45) is 3.92. The van der Waals surface area contributed by atoms with Gasteiger partial charge in [0.25, 0.3) is 0 Å². The number of methoxy groups -OCH3 is 1. The number of aliphatic hydroxyl groups excluding tert-OH is 1. The van der Waals surface area contributed by atoms with Gasteiger partial charge in [0.1, 0.15) is 0 Å². The molecule has 2 rings (SSSR count). The largest absolute Gasteiger partial charge is 0.389 e. The number of hydrogen-bond donors (Lipinski definition) is 3. The quantitative estimate of drug-likeness (QED) is 0.719. The van der Waals surface area contributed by atoms with Crippen molar-refractivity contribution >= 4 is 6.03 Å². The summed E-state index contributed by atoms with van der Waals surface area (Å²) in [5, 5.41) is 15.2. The Morgan fingerprint density at radius 3 is 2.59 bits per heavy atom. The first-order valence-corrected chi connectivity index (χ1v) is 7.90. The second-order valence-electron chi connectivity index (χ2n) is 6.03. The third kappa shape index (κ3) is 4.45. The fraction of sp³-hybridized carbons (Fsp3) is 0.588. The number of ether oxygens (including phenoxy) is 1. The van der Waals surface area contributed by atoms with E-state index in [0.717, 1.165) is 12.8 Å². The highest BCUT2D eigenvalue weighted by Crippen LogP contribution is 2.40. The van der Waals surface area contributed by atoms with Crippen LogP contribution in [0.5, 0.6) is 0 Å². The van der Waals surface area contributed by atoms with Crippen LogP contribution in [-0.4, -0.2) is 44.0 Å². The lowest BCUT2D eigenvalue weighted by Gasteiger charge is -2.30. The molecule has 22 heavy (non-hydrogen) atoms. The first-order valence-electron chi connectivity index (χ1n) is 7.90. The Morgan fingerprint density at radius 1 is 1.27 bits per heavy atom. The van der Waals surface area contributed by atoms with Crippen molar-refractivity contribution in [1.82, 2.24) is 10.6 Å². The first kappa shape index (κ1) is 16.8. The van der Waals surface area contributed by atoms with Crippen molar-refractivity contribution in [1.29, 1.82) is 0 Å². The lowest BCUT2D eigenvalue weighted by Crippen LogP contribution is -2.46. The molecule has 0 aromatic heterocycles. The van der Waals surface area contributed by atoms with E-state index in [-0.39, 0.29) is 24.6 Å². The highest BCUT2D eigenvalue weighted by molar-refractivity contribution is 5.74. The predicted molar refractivity (Wildman–Crippen MR) is 85.9 cm³/mol. The molecule has 3 N–H and O–H groups in total. The average Bonchev–Trinajstić information content (AvgIpc) is 3.02. The molecule has 1 aliphatic rings. The summed E-state index contributed by atoms with van der Waals surface area (Å²) < 4.78 is 4.83. The van der Waals surface area contributed by atoms with Gasteiger partial charge in [-0.2, -0.15) is 0 Å². The zero-order valence-corrected chi connectivity index (χ0v) is 13.2. The molecule has 1 aromatic carbocycles. The van der Waals surface area contributed by atoms with Gasteiger partial charge in [0, 0.05) is 25.6 Å². The predicted octanol–water partition coefficient (Wildman–Crippen LogP) is 1.80. The molecule has 0 spiro atoms. The average molecular weight is 306 g/mol. The van der Waals surface area contributed by atoms with Crippen LogP contribution in [0.3, 0.4) is 0 Å². The molecular formula is C17H26N2O3. The first-order chi connectivity index (χ1) is 10.7. The van der Waals surface area contributed by atoms with E-state index in [1.54, 1.807) is 0 Å². The lowest BCUT2D eigenvalue weighted by atomic mass is 9.79. The molecular weight excluding hydrogens is 280 g/mol. The molecule has 1 unspecified atom stereocenters. The molecule has 5 nitrogen and oxygen atoms in total. The number of rotatable bonds is 7. The van der Waals surface area contributed by atoms with Gasteiger partial charge in [-0.25, -0.2) is 4.79 Å². The number of hydrogen-bond acceptors (Lipinski definition) is 3. The normalized spacial score (nSPS) is 17.9. The van der Waals surface area contributed by atoms with Crippen molar-refractivity contribution in [2.45, 2.75) is 37.2 Å². The monoisotopic (exact) mass is 306 g/mol. The van der Waals surface area contributed by atoms with Crippen LogP contribution in [0.4, 0.5) is 4.79 Å². The summed E-state index contributed by atoms with van der Waals surface area (Å²) in [4.78, 5) is 11.9. The van der Waals surface area contributed by atoms with Crippen LogP contribution in [0.15, 0.2) is 30.3 Å². The Kier molecular flexibility index (Phi) is 6.21. The third-order valence-corrected chi connectivity index (χ3v) is 4.39. The molecule has 1 saturated carbocycles. The SMILES string of the molecule is COCC(O)CNC(=O)NCC1(c2ccccc2)CCCC1. The van der Waals surface area contributed by atoms with Gasteiger partial charge < -0.3 is 20.5 Å². The van der Waals surface area contributed by atoms with E-state index in [0.29, 0.717) is 6.54 Å². The van der Waals surface area contributed by atoms with Crippen LogP contribution in [0, 0.1) is 0 Å². The minimum Gasteiger partial charge on any atom is -0.389 e. The van der Waals surface area contributed by atoms with Crippen molar-refractivity contribution in [2.75, 3.05) is 26.8 Å². The summed E-state index contributed by atoms with van der Waals surface area (Å²) in [5.41, 5.74) is 1.34. The van der Waals surface area contributed by atoms with Crippen LogP contribution in [0.25, 0.3) is 0 Å². The van der Waals surface area contributed by atoms with Crippen molar-refractivity contribution < 1.29 is 14.6 Å². The zero-order valence-electron chi connectivity index (χ0n) is 13.2. The van der Waals surface area contributed by atoms with Crippen LogP contribution < -0.4 is 10.6 Å². The van der Waals surface area contributed by atoms with Crippen LogP contribution >= 0.6 is 0 Å². The molecule has 0 saturated heterocycles. The smallest absolute Gasteiger partial charge is 0.314 e. The Morgan fingerprint density at radius 2 is 1.95 bits per heavy atom. The van der Waals surface area contributed by atoms with E-state index in [2.05, 4.69) is 34.9 Å². The van der Waals surface area contributed by atoms with E-state index in [4.69, 9.17) is 4.74 Å². The fourth-order valence-electron chi connectivity index (χ4n) is 3.18. The molecule has 0 aliphatic heterocycles. The van der Waals surface area contributed by atoms with E-state index >= 15 is 0 Å². The van der Waals surface area contributed by atoms with Gasteiger partial charge in [0.05, 0.1) is 12.7 Å². The minimum absolute atomic E-state index is 0.0454. The Balaban J connectivity index is 1.86. The molecule has 1 aromatic rings. The van der Waals surface area contributed by atoms with Gasteiger partial charge in [-0.05, 0) is 18.4 Å². The minimum atomic E-state index is -0.676. The summed E-state index contributed by atoms with van der Waals surface area (Å²) in [6.45, 7) is 1.04. The van der Waals surface area contributed by atoms with E-state index in [1.165, 1.54) is 25.5 Å². The fourth-order valence-corrected chi connectivity index (χ4v) is 3.18. The maximum atomic E-state index is 11.9. The van der Waals surface area contributed by atoms with Gasteiger partial charge >= 0.3 is 6.03 Å². The Labute approximate surface area is 132 Å². The van der Waals surface area contributed by atoms with E-state index < -0.39 is 6.10 Å². The molecule has 5 heteroatoms. The maximum absolute atomic E-state index is 11.9. The number of carbonyl (C=O) groups is 1. The van der Waals surface area contributed by atoms with Crippen LogP contribution in [0.2, 0.25) is 0 Å². The molecule has 0 bridgehead atoms. The van der Waals surface area contributed by atoms with Crippen LogP contribution in [0.1, 0.15) is 31.2 Å². The summed E-state index contributed by atoms with van der Waals surface area (Å²) in [5.74, 6) is 0. The van der Waals surface area contributed by atoms with Gasteiger partial charge in [-0.3, -0.25) is 0 Å². The van der Waals surface area contributed by atoms with Crippen LogP contribution in [-0.2, 0) is 10.2 Å². The van der Waals surface area contributed by atoms with Crippen molar-refractivity contribution in [3.05, 3.63) is 35.9 Å². The number of carbonyl (C=O) groups excluding carboxylic acids is 1. The molecule has 1 aliphatic carbocycles.